The minimum absolute atomic E-state index is 0.421. The van der Waals surface area contributed by atoms with Crippen LogP contribution in [0.1, 0.15) is 18.4 Å². The predicted octanol–water partition coefficient (Wildman–Crippen LogP) is 5.08. The predicted molar refractivity (Wildman–Crippen MR) is 132 cm³/mol. The van der Waals surface area contributed by atoms with Gasteiger partial charge in [-0.3, -0.25) is 5.43 Å². The van der Waals surface area contributed by atoms with Crippen molar-refractivity contribution in [2.24, 2.45) is 5.10 Å². The number of hydrogen-bond acceptors (Lipinski definition) is 4. The molecule has 7 heteroatoms. The maximum Gasteiger partial charge on any atom is 0.191 e. The highest BCUT2D eigenvalue weighted by Gasteiger charge is 2.25. The molecule has 1 saturated heterocycles. The second-order valence-electron chi connectivity index (χ2n) is 7.39. The lowest BCUT2D eigenvalue weighted by molar-refractivity contribution is 0.0548. The second-order valence-corrected chi connectivity index (χ2v) is 8.23. The van der Waals surface area contributed by atoms with Crippen molar-refractivity contribution in [3.63, 3.8) is 0 Å². The lowest BCUT2D eigenvalue weighted by Crippen LogP contribution is -2.36. The first-order chi connectivity index (χ1) is 15.2. The lowest BCUT2D eigenvalue weighted by atomic mass is 10.1. The number of thiocarbonyl (C=S) groups is 1. The van der Waals surface area contributed by atoms with Crippen molar-refractivity contribution >= 4 is 46.9 Å². The monoisotopic (exact) mass is 452 g/mol. The number of anilines is 1. The smallest absolute Gasteiger partial charge is 0.191 e. The average Bonchev–Trinajstić information content (AvgIpc) is 3.17. The van der Waals surface area contributed by atoms with Crippen LogP contribution in [-0.2, 0) is 4.74 Å². The van der Waals surface area contributed by atoms with Gasteiger partial charge >= 0.3 is 0 Å². The van der Waals surface area contributed by atoms with Gasteiger partial charge in [0.15, 0.2) is 5.11 Å². The number of rotatable bonds is 5. The van der Waals surface area contributed by atoms with E-state index in [1.165, 1.54) is 22.4 Å². The third kappa shape index (κ3) is 5.94. The molecule has 2 aromatic rings. The molecule has 2 N–H and O–H groups in total. The van der Waals surface area contributed by atoms with Crippen LogP contribution in [0, 0.1) is 0 Å². The van der Waals surface area contributed by atoms with E-state index >= 15 is 0 Å². The molecule has 0 amide bonds. The summed E-state index contributed by atoms with van der Waals surface area (Å²) in [6.45, 7) is 3.28. The summed E-state index contributed by atoms with van der Waals surface area (Å²) in [6.07, 6.45) is 6.12. The van der Waals surface area contributed by atoms with Crippen LogP contribution in [0.2, 0.25) is 5.02 Å². The van der Waals surface area contributed by atoms with E-state index in [2.05, 4.69) is 51.1 Å². The number of hydrogen-bond donors (Lipinski definition) is 2. The van der Waals surface area contributed by atoms with Gasteiger partial charge in [-0.1, -0.05) is 48.0 Å². The standard InChI is InChI=1S/C24H25ClN4OS/c25-21-7-4-8-22(16-21)27-24(31)28-26-17-20-10-9-19(15-18-5-2-1-3-6-18)23(20)29-11-13-30-14-12-29/h1-8,15-17H,9-14H2,(H2,27,28,31)/b19-15+,26-17-. The van der Waals surface area contributed by atoms with E-state index in [9.17, 15) is 0 Å². The Morgan fingerprint density at radius 1 is 1.06 bits per heavy atom. The van der Waals surface area contributed by atoms with E-state index in [0.29, 0.717) is 10.1 Å². The molecular weight excluding hydrogens is 428 g/mol. The van der Waals surface area contributed by atoms with E-state index in [4.69, 9.17) is 28.6 Å². The van der Waals surface area contributed by atoms with E-state index < -0.39 is 0 Å². The fraction of sp³-hybridized carbons (Fsp3) is 0.250. The Balaban J connectivity index is 1.50. The summed E-state index contributed by atoms with van der Waals surface area (Å²) < 4.78 is 5.56. The summed E-state index contributed by atoms with van der Waals surface area (Å²) in [5.41, 5.74) is 8.77. The van der Waals surface area contributed by atoms with Gasteiger partial charge in [-0.25, -0.2) is 0 Å². The summed E-state index contributed by atoms with van der Waals surface area (Å²) in [7, 11) is 0. The van der Waals surface area contributed by atoms with Crippen molar-refractivity contribution in [3.05, 3.63) is 82.0 Å². The number of morpholine rings is 1. The number of allylic oxidation sites excluding steroid dienone is 2. The van der Waals surface area contributed by atoms with Crippen molar-refractivity contribution < 1.29 is 4.74 Å². The van der Waals surface area contributed by atoms with Crippen LogP contribution in [0.5, 0.6) is 0 Å². The fourth-order valence-electron chi connectivity index (χ4n) is 3.82. The minimum Gasteiger partial charge on any atom is -0.378 e. The zero-order valence-corrected chi connectivity index (χ0v) is 18.8. The van der Waals surface area contributed by atoms with E-state index in [-0.39, 0.29) is 0 Å². The minimum atomic E-state index is 0.421. The molecule has 160 valence electrons. The third-order valence-corrected chi connectivity index (χ3v) is 5.64. The van der Waals surface area contributed by atoms with Crippen molar-refractivity contribution in [1.82, 2.24) is 10.3 Å². The molecule has 1 aliphatic carbocycles. The van der Waals surface area contributed by atoms with Crippen LogP contribution in [0.25, 0.3) is 6.08 Å². The molecule has 2 aromatic carbocycles. The maximum absolute atomic E-state index is 6.02. The van der Waals surface area contributed by atoms with Gasteiger partial charge in [0, 0.05) is 29.5 Å². The Kier molecular flexibility index (Phi) is 7.35. The van der Waals surface area contributed by atoms with Gasteiger partial charge in [-0.15, -0.1) is 0 Å². The number of benzene rings is 2. The molecule has 4 rings (SSSR count). The molecule has 0 unspecified atom stereocenters. The van der Waals surface area contributed by atoms with Crippen LogP contribution in [0.15, 0.2) is 76.5 Å². The Morgan fingerprint density at radius 2 is 1.87 bits per heavy atom. The molecule has 0 radical (unpaired) electrons. The first-order valence-corrected chi connectivity index (χ1v) is 11.1. The summed E-state index contributed by atoms with van der Waals surface area (Å²) in [6, 6.07) is 17.9. The van der Waals surface area contributed by atoms with Crippen LogP contribution in [0.3, 0.4) is 0 Å². The first-order valence-electron chi connectivity index (χ1n) is 10.4. The van der Waals surface area contributed by atoms with Crippen LogP contribution in [0.4, 0.5) is 5.69 Å². The highest BCUT2D eigenvalue weighted by molar-refractivity contribution is 7.80. The van der Waals surface area contributed by atoms with Crippen molar-refractivity contribution in [2.75, 3.05) is 31.6 Å². The lowest BCUT2D eigenvalue weighted by Gasteiger charge is -2.31. The van der Waals surface area contributed by atoms with E-state index in [1.807, 2.05) is 36.5 Å². The molecule has 2 aliphatic rings. The zero-order chi connectivity index (χ0) is 21.5. The highest BCUT2D eigenvalue weighted by Crippen LogP contribution is 2.34. The average molecular weight is 453 g/mol. The normalized spacial score (nSPS) is 18.1. The van der Waals surface area contributed by atoms with Crippen LogP contribution >= 0.6 is 23.8 Å². The molecule has 0 saturated carbocycles. The number of ether oxygens (including phenoxy) is 1. The molecular formula is C24H25ClN4OS. The molecule has 0 aromatic heterocycles. The second kappa shape index (κ2) is 10.6. The van der Waals surface area contributed by atoms with Crippen molar-refractivity contribution in [3.8, 4) is 0 Å². The molecule has 0 spiro atoms. The quantitative estimate of drug-likeness (QED) is 0.376. The molecule has 31 heavy (non-hydrogen) atoms. The van der Waals surface area contributed by atoms with E-state index in [1.54, 1.807) is 0 Å². The topological polar surface area (TPSA) is 48.9 Å². The van der Waals surface area contributed by atoms with Crippen LogP contribution in [-0.4, -0.2) is 42.5 Å². The van der Waals surface area contributed by atoms with Gasteiger partial charge in [-0.05, 0) is 66.0 Å². The molecule has 1 fully saturated rings. The summed E-state index contributed by atoms with van der Waals surface area (Å²) >= 11 is 11.4. The molecule has 0 atom stereocenters. The van der Waals surface area contributed by atoms with Gasteiger partial charge < -0.3 is 15.0 Å². The van der Waals surface area contributed by atoms with Gasteiger partial charge in [0.1, 0.15) is 0 Å². The maximum atomic E-state index is 6.02. The van der Waals surface area contributed by atoms with Gasteiger partial charge in [-0.2, -0.15) is 5.10 Å². The van der Waals surface area contributed by atoms with Gasteiger partial charge in [0.2, 0.25) is 0 Å². The zero-order valence-electron chi connectivity index (χ0n) is 17.2. The SMILES string of the molecule is S=C(N/N=C\C1=C(N2CCOCC2)C(=C/c2ccccc2)/CC1)Nc1cccc(Cl)c1. The Hall–Kier alpha value is -2.67. The highest BCUT2D eigenvalue weighted by atomic mass is 35.5. The van der Waals surface area contributed by atoms with Gasteiger partial charge in [0.05, 0.1) is 19.4 Å². The van der Waals surface area contributed by atoms with E-state index in [0.717, 1.165) is 44.8 Å². The number of hydrazone groups is 1. The van der Waals surface area contributed by atoms with Crippen molar-refractivity contribution in [2.45, 2.75) is 12.8 Å². The molecule has 0 bridgehead atoms. The Morgan fingerprint density at radius 3 is 2.65 bits per heavy atom. The van der Waals surface area contributed by atoms with Crippen LogP contribution < -0.4 is 10.7 Å². The summed E-state index contributed by atoms with van der Waals surface area (Å²) in [5, 5.41) is 8.57. The molecule has 5 nitrogen and oxygen atoms in total. The summed E-state index contributed by atoms with van der Waals surface area (Å²) in [4.78, 5) is 2.41. The number of halogens is 1. The first kappa shape index (κ1) is 21.6. The number of nitrogens with one attached hydrogen (secondary N) is 2. The number of nitrogens with zero attached hydrogens (tertiary/aromatic N) is 2. The Bertz CT molecular complexity index is 1010. The fourth-order valence-corrected chi connectivity index (χ4v) is 4.18. The third-order valence-electron chi connectivity index (χ3n) is 5.21. The molecule has 1 aliphatic heterocycles. The molecule has 1 heterocycles. The Labute approximate surface area is 193 Å². The largest absolute Gasteiger partial charge is 0.378 e. The van der Waals surface area contributed by atoms with Crippen molar-refractivity contribution in [1.29, 1.82) is 0 Å². The van der Waals surface area contributed by atoms with Gasteiger partial charge in [0.25, 0.3) is 0 Å². The summed E-state index contributed by atoms with van der Waals surface area (Å²) in [5.74, 6) is 0.